The molecule has 214 valence electrons. The minimum Gasteiger partial charge on any atom is -0.391 e. The number of hydrogen-bond donors (Lipinski definition) is 4. The maximum atomic E-state index is 12.4. The maximum absolute atomic E-state index is 12.4. The van der Waals surface area contributed by atoms with E-state index >= 15 is 0 Å². The standard InChI is InChI=1S/C28H55NO6S/c1-3-5-7-9-11-13-14-15-17-19-21-23-27(31)28(32)29-25(24-36(33,34)35)26(30)22-20-18-16-12-10-8-6-4-2/h11,13,25-27,30-31H,3-10,12,14-24H2,1-2H3,(H,29,32)(H,33,34,35)/b13-11-. The van der Waals surface area contributed by atoms with Gasteiger partial charge in [-0.3, -0.25) is 9.35 Å². The molecule has 0 rings (SSSR count). The number of hydrogen-bond acceptors (Lipinski definition) is 5. The molecular formula is C28H55NO6S. The molecule has 3 unspecified atom stereocenters. The van der Waals surface area contributed by atoms with Gasteiger partial charge in [0.2, 0.25) is 5.91 Å². The van der Waals surface area contributed by atoms with Crippen LogP contribution >= 0.6 is 0 Å². The van der Waals surface area contributed by atoms with E-state index < -0.39 is 40.0 Å². The highest BCUT2D eigenvalue weighted by atomic mass is 32.2. The minimum atomic E-state index is -4.39. The number of amides is 1. The number of rotatable bonds is 25. The molecule has 0 aromatic rings. The number of carbonyl (C=O) groups excluding carboxylic acids is 1. The fourth-order valence-electron chi connectivity index (χ4n) is 4.28. The summed E-state index contributed by atoms with van der Waals surface area (Å²) in [5.41, 5.74) is 0. The van der Waals surface area contributed by atoms with Crippen LogP contribution < -0.4 is 5.32 Å². The molecule has 0 spiro atoms. The zero-order valence-electron chi connectivity index (χ0n) is 23.0. The average Bonchev–Trinajstić information content (AvgIpc) is 2.82. The van der Waals surface area contributed by atoms with Crippen LogP contribution in [0.15, 0.2) is 12.2 Å². The summed E-state index contributed by atoms with van der Waals surface area (Å²) in [5, 5.41) is 23.1. The third-order valence-corrected chi connectivity index (χ3v) is 7.36. The van der Waals surface area contributed by atoms with Gasteiger partial charge in [-0.25, -0.2) is 0 Å². The maximum Gasteiger partial charge on any atom is 0.266 e. The Morgan fingerprint density at radius 1 is 0.722 bits per heavy atom. The van der Waals surface area contributed by atoms with Gasteiger partial charge >= 0.3 is 0 Å². The Bertz CT molecular complexity index is 652. The van der Waals surface area contributed by atoms with Crippen molar-refractivity contribution < 1.29 is 28.0 Å². The van der Waals surface area contributed by atoms with Crippen molar-refractivity contribution >= 4 is 16.0 Å². The molecule has 0 aliphatic carbocycles. The van der Waals surface area contributed by atoms with Crippen LogP contribution in [0.2, 0.25) is 0 Å². The molecule has 0 fully saturated rings. The van der Waals surface area contributed by atoms with E-state index in [0.717, 1.165) is 51.4 Å². The third kappa shape index (κ3) is 22.3. The van der Waals surface area contributed by atoms with Crippen molar-refractivity contribution in [2.75, 3.05) is 5.75 Å². The van der Waals surface area contributed by atoms with Gasteiger partial charge in [0, 0.05) is 0 Å². The molecule has 4 N–H and O–H groups in total. The second kappa shape index (κ2) is 23.2. The highest BCUT2D eigenvalue weighted by Gasteiger charge is 2.28. The molecule has 0 heterocycles. The Labute approximate surface area is 221 Å². The number of aliphatic hydroxyl groups is 2. The quantitative estimate of drug-likeness (QED) is 0.0640. The van der Waals surface area contributed by atoms with Gasteiger partial charge in [0.1, 0.15) is 6.10 Å². The Kier molecular flexibility index (Phi) is 22.6. The molecule has 8 heteroatoms. The van der Waals surface area contributed by atoms with Crippen LogP contribution in [0, 0.1) is 0 Å². The average molecular weight is 534 g/mol. The van der Waals surface area contributed by atoms with Crippen LogP contribution in [0.1, 0.15) is 136 Å². The second-order valence-electron chi connectivity index (χ2n) is 10.2. The predicted molar refractivity (Wildman–Crippen MR) is 149 cm³/mol. The smallest absolute Gasteiger partial charge is 0.266 e. The Morgan fingerprint density at radius 2 is 1.17 bits per heavy atom. The summed E-state index contributed by atoms with van der Waals surface area (Å²) < 4.78 is 32.1. The predicted octanol–water partition coefficient (Wildman–Crippen LogP) is 6.09. The Balaban J connectivity index is 4.24. The fraction of sp³-hybridized carbons (Fsp3) is 0.893. The zero-order chi connectivity index (χ0) is 27.1. The van der Waals surface area contributed by atoms with E-state index in [-0.39, 0.29) is 6.42 Å². The van der Waals surface area contributed by atoms with Crippen LogP contribution in [0.3, 0.4) is 0 Å². The zero-order valence-corrected chi connectivity index (χ0v) is 23.8. The van der Waals surface area contributed by atoms with E-state index in [9.17, 15) is 28.0 Å². The largest absolute Gasteiger partial charge is 0.391 e. The van der Waals surface area contributed by atoms with Gasteiger partial charge in [0.15, 0.2) is 0 Å². The molecule has 0 aromatic heterocycles. The highest BCUT2D eigenvalue weighted by Crippen LogP contribution is 2.14. The Hall–Kier alpha value is -0.960. The van der Waals surface area contributed by atoms with Crippen molar-refractivity contribution in [3.8, 4) is 0 Å². The van der Waals surface area contributed by atoms with Gasteiger partial charge in [-0.05, 0) is 38.5 Å². The first-order chi connectivity index (χ1) is 17.2. The molecule has 0 saturated heterocycles. The lowest BCUT2D eigenvalue weighted by Gasteiger charge is -2.24. The van der Waals surface area contributed by atoms with E-state index in [0.29, 0.717) is 19.3 Å². The summed E-state index contributed by atoms with van der Waals surface area (Å²) in [5.74, 6) is -1.47. The number of unbranched alkanes of at least 4 members (excludes halogenated alkanes) is 14. The SMILES string of the molecule is CCCCC/C=C\CCCCCCC(O)C(=O)NC(CS(=O)(=O)O)C(O)CCCCCCCCCC. The van der Waals surface area contributed by atoms with E-state index in [2.05, 4.69) is 31.3 Å². The van der Waals surface area contributed by atoms with Crippen molar-refractivity contribution in [2.24, 2.45) is 0 Å². The summed E-state index contributed by atoms with van der Waals surface area (Å²) in [6, 6.07) is -1.14. The van der Waals surface area contributed by atoms with Crippen molar-refractivity contribution in [2.45, 2.75) is 154 Å². The summed E-state index contributed by atoms with van der Waals surface area (Å²) in [6.45, 7) is 4.38. The van der Waals surface area contributed by atoms with Gasteiger partial charge in [-0.2, -0.15) is 8.42 Å². The first-order valence-electron chi connectivity index (χ1n) is 14.5. The van der Waals surface area contributed by atoms with E-state index in [1.807, 2.05) is 0 Å². The normalized spacial score (nSPS) is 14.7. The van der Waals surface area contributed by atoms with Gasteiger partial charge in [-0.15, -0.1) is 0 Å². The van der Waals surface area contributed by atoms with Crippen molar-refractivity contribution in [3.63, 3.8) is 0 Å². The van der Waals surface area contributed by atoms with Crippen LogP contribution in [-0.4, -0.2) is 53.1 Å². The van der Waals surface area contributed by atoms with Crippen LogP contribution in [-0.2, 0) is 14.9 Å². The summed E-state index contributed by atoms with van der Waals surface area (Å²) in [4.78, 5) is 12.4. The fourth-order valence-corrected chi connectivity index (χ4v) is 5.04. The molecule has 3 atom stereocenters. The highest BCUT2D eigenvalue weighted by molar-refractivity contribution is 7.85. The minimum absolute atomic E-state index is 0.283. The van der Waals surface area contributed by atoms with Crippen molar-refractivity contribution in [3.05, 3.63) is 12.2 Å². The van der Waals surface area contributed by atoms with Gasteiger partial charge in [0.25, 0.3) is 10.1 Å². The summed E-state index contributed by atoms with van der Waals surface area (Å²) in [6.07, 6.45) is 21.1. The van der Waals surface area contributed by atoms with Gasteiger partial charge in [-0.1, -0.05) is 109 Å². The van der Waals surface area contributed by atoms with E-state index in [1.54, 1.807) is 0 Å². The van der Waals surface area contributed by atoms with Crippen molar-refractivity contribution in [1.29, 1.82) is 0 Å². The molecule has 36 heavy (non-hydrogen) atoms. The number of carbonyl (C=O) groups is 1. The number of nitrogens with one attached hydrogen (secondary N) is 1. The molecule has 0 radical (unpaired) electrons. The van der Waals surface area contributed by atoms with E-state index in [4.69, 9.17) is 0 Å². The lowest BCUT2D eigenvalue weighted by atomic mass is 10.0. The molecular weight excluding hydrogens is 478 g/mol. The molecule has 0 aliphatic heterocycles. The van der Waals surface area contributed by atoms with Gasteiger partial charge in [0.05, 0.1) is 17.9 Å². The second-order valence-corrected chi connectivity index (χ2v) is 11.7. The molecule has 0 aromatic carbocycles. The summed E-state index contributed by atoms with van der Waals surface area (Å²) >= 11 is 0. The topological polar surface area (TPSA) is 124 Å². The van der Waals surface area contributed by atoms with Crippen molar-refractivity contribution in [1.82, 2.24) is 5.32 Å². The van der Waals surface area contributed by atoms with Gasteiger partial charge < -0.3 is 15.5 Å². The van der Waals surface area contributed by atoms with E-state index in [1.165, 1.54) is 44.9 Å². The molecule has 1 amide bonds. The number of allylic oxidation sites excluding steroid dienone is 2. The lowest BCUT2D eigenvalue weighted by Crippen LogP contribution is -2.50. The van der Waals surface area contributed by atoms with Crippen LogP contribution in [0.25, 0.3) is 0 Å². The third-order valence-electron chi connectivity index (χ3n) is 6.58. The molecule has 0 aliphatic rings. The monoisotopic (exact) mass is 533 g/mol. The first-order valence-corrected chi connectivity index (χ1v) is 16.1. The Morgan fingerprint density at radius 3 is 1.72 bits per heavy atom. The molecule has 0 bridgehead atoms. The molecule has 7 nitrogen and oxygen atoms in total. The number of aliphatic hydroxyl groups excluding tert-OH is 2. The first kappa shape index (κ1) is 35.0. The molecule has 0 saturated carbocycles. The summed E-state index contributed by atoms with van der Waals surface area (Å²) in [7, 11) is -4.39. The lowest BCUT2D eigenvalue weighted by molar-refractivity contribution is -0.131. The van der Waals surface area contributed by atoms with Crippen LogP contribution in [0.5, 0.6) is 0 Å². The van der Waals surface area contributed by atoms with Crippen LogP contribution in [0.4, 0.5) is 0 Å².